The van der Waals surface area contributed by atoms with Gasteiger partial charge in [-0.2, -0.15) is 0 Å². The van der Waals surface area contributed by atoms with E-state index in [1.165, 1.54) is 30.6 Å². The Labute approximate surface area is 160 Å². The van der Waals surface area contributed by atoms with Crippen LogP contribution in [-0.2, 0) is 10.0 Å². The number of carbonyl (C=O) groups is 1. The van der Waals surface area contributed by atoms with Crippen LogP contribution in [0.15, 0.2) is 59.5 Å². The summed E-state index contributed by atoms with van der Waals surface area (Å²) in [5.41, 5.74) is 1.09. The van der Waals surface area contributed by atoms with E-state index >= 15 is 0 Å². The van der Waals surface area contributed by atoms with Gasteiger partial charge in [0.15, 0.2) is 0 Å². The summed E-state index contributed by atoms with van der Waals surface area (Å²) in [6, 6.07) is 15.3. The van der Waals surface area contributed by atoms with Crippen LogP contribution in [0.25, 0.3) is 0 Å². The monoisotopic (exact) mass is 384 g/mol. The van der Waals surface area contributed by atoms with Gasteiger partial charge in [-0.1, -0.05) is 24.6 Å². The lowest BCUT2D eigenvalue weighted by atomic mass is 9.95. The second-order valence-corrected chi connectivity index (χ2v) is 9.56. The molecule has 0 saturated heterocycles. The van der Waals surface area contributed by atoms with Crippen molar-refractivity contribution in [2.24, 2.45) is 11.8 Å². The van der Waals surface area contributed by atoms with Crippen molar-refractivity contribution >= 4 is 21.6 Å². The van der Waals surface area contributed by atoms with Crippen LogP contribution in [0.1, 0.15) is 36.0 Å². The Hall–Kier alpha value is -2.34. The Morgan fingerprint density at radius 3 is 2.30 bits per heavy atom. The van der Waals surface area contributed by atoms with Gasteiger partial charge in [-0.05, 0) is 67.5 Å². The van der Waals surface area contributed by atoms with Gasteiger partial charge in [-0.3, -0.25) is 9.10 Å². The maximum absolute atomic E-state index is 12.7. The first-order valence-corrected chi connectivity index (χ1v) is 10.8. The molecule has 0 aromatic heterocycles. The minimum Gasteiger partial charge on any atom is -0.349 e. The summed E-state index contributed by atoms with van der Waals surface area (Å²) in [4.78, 5) is 12.8. The van der Waals surface area contributed by atoms with Crippen molar-refractivity contribution in [1.82, 2.24) is 5.32 Å². The molecule has 0 unspecified atom stereocenters. The first kappa shape index (κ1) is 18.0. The molecular formula is C21H24N2O3S. The molecule has 2 fully saturated rings. The van der Waals surface area contributed by atoms with Crippen molar-refractivity contribution in [3.8, 4) is 0 Å². The maximum Gasteiger partial charge on any atom is 0.264 e. The number of fused-ring (bicyclic) bond motifs is 2. The van der Waals surface area contributed by atoms with Crippen LogP contribution in [0, 0.1) is 11.8 Å². The minimum atomic E-state index is -3.62. The number of carbonyl (C=O) groups excluding carboxylic acids is 1. The first-order chi connectivity index (χ1) is 12.9. The van der Waals surface area contributed by atoms with Gasteiger partial charge in [0.2, 0.25) is 0 Å². The molecule has 2 aliphatic rings. The lowest BCUT2D eigenvalue weighted by Gasteiger charge is -2.23. The first-order valence-electron chi connectivity index (χ1n) is 9.40. The highest BCUT2D eigenvalue weighted by Gasteiger charge is 2.40. The van der Waals surface area contributed by atoms with Gasteiger partial charge in [-0.25, -0.2) is 8.42 Å². The van der Waals surface area contributed by atoms with E-state index in [4.69, 9.17) is 0 Å². The molecule has 1 amide bonds. The number of amides is 1. The van der Waals surface area contributed by atoms with E-state index in [0.717, 1.165) is 12.3 Å². The van der Waals surface area contributed by atoms with E-state index in [-0.39, 0.29) is 16.8 Å². The number of anilines is 1. The predicted octanol–water partition coefficient (Wildman–Crippen LogP) is 3.43. The molecular weight excluding hydrogens is 360 g/mol. The average Bonchev–Trinajstić information content (AvgIpc) is 3.31. The molecule has 27 heavy (non-hydrogen) atoms. The van der Waals surface area contributed by atoms with Crippen LogP contribution < -0.4 is 9.62 Å². The van der Waals surface area contributed by atoms with Gasteiger partial charge >= 0.3 is 0 Å². The third-order valence-electron chi connectivity index (χ3n) is 5.95. The molecule has 2 aromatic rings. The fourth-order valence-corrected chi connectivity index (χ4v) is 5.60. The molecule has 1 N–H and O–H groups in total. The smallest absolute Gasteiger partial charge is 0.264 e. The van der Waals surface area contributed by atoms with E-state index in [1.54, 1.807) is 54.6 Å². The number of sulfonamides is 1. The number of nitrogens with one attached hydrogen (secondary N) is 1. The average molecular weight is 385 g/mol. The Morgan fingerprint density at radius 2 is 1.70 bits per heavy atom. The molecule has 4 rings (SSSR count). The van der Waals surface area contributed by atoms with Crippen LogP contribution in [0.3, 0.4) is 0 Å². The van der Waals surface area contributed by atoms with Crippen molar-refractivity contribution in [2.45, 2.75) is 36.6 Å². The third kappa shape index (κ3) is 3.46. The SMILES string of the molecule is CN(c1ccc(C(=O)N[C@@H]2C[C@H]3CC[C@@H]2C3)cc1)S(=O)(=O)c1ccccc1. The van der Waals surface area contributed by atoms with Gasteiger partial charge in [0.05, 0.1) is 10.6 Å². The highest BCUT2D eigenvalue weighted by molar-refractivity contribution is 7.92. The molecule has 5 nitrogen and oxygen atoms in total. The largest absolute Gasteiger partial charge is 0.349 e. The van der Waals surface area contributed by atoms with Gasteiger partial charge < -0.3 is 5.32 Å². The van der Waals surface area contributed by atoms with Crippen molar-refractivity contribution < 1.29 is 13.2 Å². The van der Waals surface area contributed by atoms with Crippen LogP contribution in [-0.4, -0.2) is 27.4 Å². The maximum atomic E-state index is 12.7. The summed E-state index contributed by atoms with van der Waals surface area (Å²) in [5.74, 6) is 1.33. The molecule has 0 radical (unpaired) electrons. The van der Waals surface area contributed by atoms with Crippen molar-refractivity contribution in [1.29, 1.82) is 0 Å². The van der Waals surface area contributed by atoms with E-state index in [9.17, 15) is 13.2 Å². The van der Waals surface area contributed by atoms with Crippen LogP contribution in [0.4, 0.5) is 5.69 Å². The van der Waals surface area contributed by atoms with Crippen molar-refractivity contribution in [3.63, 3.8) is 0 Å². The molecule has 0 aliphatic heterocycles. The lowest BCUT2D eigenvalue weighted by Crippen LogP contribution is -2.38. The van der Waals surface area contributed by atoms with Gasteiger partial charge in [0, 0.05) is 18.7 Å². The zero-order chi connectivity index (χ0) is 19.0. The van der Waals surface area contributed by atoms with Crippen LogP contribution in [0.5, 0.6) is 0 Å². The summed E-state index contributed by atoms with van der Waals surface area (Å²) in [6.45, 7) is 0. The topological polar surface area (TPSA) is 66.5 Å². The third-order valence-corrected chi connectivity index (χ3v) is 7.75. The summed E-state index contributed by atoms with van der Waals surface area (Å²) >= 11 is 0. The van der Waals surface area contributed by atoms with E-state index in [0.29, 0.717) is 17.2 Å². The highest BCUT2D eigenvalue weighted by Crippen LogP contribution is 2.44. The Balaban J connectivity index is 1.46. The normalized spacial score (nSPS) is 24.0. The van der Waals surface area contributed by atoms with Crippen molar-refractivity contribution in [2.75, 3.05) is 11.4 Å². The zero-order valence-corrected chi connectivity index (χ0v) is 16.2. The minimum absolute atomic E-state index is 0.0762. The predicted molar refractivity (Wildman–Crippen MR) is 105 cm³/mol. The zero-order valence-electron chi connectivity index (χ0n) is 15.3. The number of hydrogen-bond acceptors (Lipinski definition) is 3. The summed E-state index contributed by atoms with van der Waals surface area (Å²) in [6.07, 6.45) is 4.85. The lowest BCUT2D eigenvalue weighted by molar-refractivity contribution is 0.0923. The summed E-state index contributed by atoms with van der Waals surface area (Å²) < 4.78 is 26.6. The molecule has 0 heterocycles. The Kier molecular flexibility index (Phi) is 4.68. The molecule has 2 saturated carbocycles. The van der Waals surface area contributed by atoms with E-state index in [1.807, 2.05) is 0 Å². The van der Waals surface area contributed by atoms with Crippen LogP contribution in [0.2, 0.25) is 0 Å². The van der Waals surface area contributed by atoms with E-state index < -0.39 is 10.0 Å². The fraction of sp³-hybridized carbons (Fsp3) is 0.381. The molecule has 2 aliphatic carbocycles. The fourth-order valence-electron chi connectivity index (χ4n) is 4.39. The second kappa shape index (κ2) is 7.00. The Bertz CT molecular complexity index is 926. The highest BCUT2D eigenvalue weighted by atomic mass is 32.2. The molecule has 6 heteroatoms. The van der Waals surface area contributed by atoms with Gasteiger partial charge in [0.25, 0.3) is 15.9 Å². The molecule has 2 bridgehead atoms. The van der Waals surface area contributed by atoms with Gasteiger partial charge in [-0.15, -0.1) is 0 Å². The quantitative estimate of drug-likeness (QED) is 0.859. The van der Waals surface area contributed by atoms with E-state index in [2.05, 4.69) is 5.32 Å². The number of rotatable bonds is 5. The second-order valence-electron chi connectivity index (χ2n) is 7.59. The van der Waals surface area contributed by atoms with Gasteiger partial charge in [0.1, 0.15) is 0 Å². The number of hydrogen-bond donors (Lipinski definition) is 1. The standard InChI is InChI=1S/C21H24N2O3S/c1-23(27(25,26)19-5-3-2-4-6-19)18-11-9-16(10-12-18)21(24)22-20-14-15-7-8-17(20)13-15/h2-6,9-12,15,17,20H,7-8,13-14H2,1H3,(H,22,24)/t15-,17+,20+/m0/s1. The summed E-state index contributed by atoms with van der Waals surface area (Å²) in [7, 11) is -2.10. The molecule has 2 aromatic carbocycles. The van der Waals surface area contributed by atoms with Crippen LogP contribution >= 0.6 is 0 Å². The number of nitrogens with zero attached hydrogens (tertiary/aromatic N) is 1. The summed E-state index contributed by atoms with van der Waals surface area (Å²) in [5, 5.41) is 3.16. The molecule has 3 atom stereocenters. The molecule has 0 spiro atoms. The number of benzene rings is 2. The molecule has 142 valence electrons. The van der Waals surface area contributed by atoms with Crippen molar-refractivity contribution in [3.05, 3.63) is 60.2 Å². The Morgan fingerprint density at radius 1 is 1.00 bits per heavy atom.